The second-order valence-corrected chi connectivity index (χ2v) is 5.71. The van der Waals surface area contributed by atoms with Crippen LogP contribution in [0.5, 0.6) is 5.75 Å². The second-order valence-electron chi connectivity index (χ2n) is 5.71. The van der Waals surface area contributed by atoms with E-state index in [1.54, 1.807) is 0 Å². The normalized spacial score (nSPS) is 22.6. The standard InChI is InChI=1S/C16H24N2O.ClH/c1-2-14-12-18(11-13-7-9-17-10-8-13)15-5-3-4-6-16(15)19-14;/h3-6,13-14,17H,2,7-12H2,1H3;1H. The van der Waals surface area contributed by atoms with Gasteiger partial charge < -0.3 is 15.0 Å². The summed E-state index contributed by atoms with van der Waals surface area (Å²) < 4.78 is 6.05. The number of nitrogens with zero attached hydrogens (tertiary/aromatic N) is 1. The van der Waals surface area contributed by atoms with Crippen LogP contribution in [0.15, 0.2) is 24.3 Å². The summed E-state index contributed by atoms with van der Waals surface area (Å²) in [5.41, 5.74) is 1.28. The number of halogens is 1. The van der Waals surface area contributed by atoms with E-state index in [1.807, 2.05) is 0 Å². The fourth-order valence-electron chi connectivity index (χ4n) is 3.14. The topological polar surface area (TPSA) is 24.5 Å². The molecule has 3 rings (SSSR count). The molecule has 3 nitrogen and oxygen atoms in total. The van der Waals surface area contributed by atoms with E-state index >= 15 is 0 Å². The van der Waals surface area contributed by atoms with Crippen LogP contribution in [0.2, 0.25) is 0 Å². The molecule has 0 radical (unpaired) electrons. The van der Waals surface area contributed by atoms with Gasteiger partial charge in [0.05, 0.1) is 12.2 Å². The van der Waals surface area contributed by atoms with Crippen molar-refractivity contribution in [3.05, 3.63) is 24.3 Å². The van der Waals surface area contributed by atoms with Crippen molar-refractivity contribution in [2.24, 2.45) is 5.92 Å². The lowest BCUT2D eigenvalue weighted by Crippen LogP contribution is -2.43. The molecule has 2 heterocycles. The first-order valence-electron chi connectivity index (χ1n) is 7.58. The SMILES string of the molecule is CCC1CN(CC2CCNCC2)c2ccccc2O1.Cl. The van der Waals surface area contributed by atoms with Crippen molar-refractivity contribution in [2.45, 2.75) is 32.3 Å². The summed E-state index contributed by atoms with van der Waals surface area (Å²) in [5.74, 6) is 1.89. The van der Waals surface area contributed by atoms with E-state index in [2.05, 4.69) is 41.4 Å². The maximum absolute atomic E-state index is 6.05. The van der Waals surface area contributed by atoms with Crippen molar-refractivity contribution in [1.29, 1.82) is 0 Å². The quantitative estimate of drug-likeness (QED) is 0.928. The molecule has 1 aromatic rings. The molecule has 1 unspecified atom stereocenters. The van der Waals surface area contributed by atoms with Gasteiger partial charge in [-0.25, -0.2) is 0 Å². The predicted molar refractivity (Wildman–Crippen MR) is 86.2 cm³/mol. The fourth-order valence-corrected chi connectivity index (χ4v) is 3.14. The zero-order valence-corrected chi connectivity index (χ0v) is 13.0. The van der Waals surface area contributed by atoms with Gasteiger partial charge in [-0.15, -0.1) is 12.4 Å². The smallest absolute Gasteiger partial charge is 0.143 e. The van der Waals surface area contributed by atoms with Gasteiger partial charge in [0.15, 0.2) is 0 Å². The van der Waals surface area contributed by atoms with Crippen LogP contribution in [0.3, 0.4) is 0 Å². The molecule has 112 valence electrons. The highest BCUT2D eigenvalue weighted by atomic mass is 35.5. The van der Waals surface area contributed by atoms with E-state index in [0.717, 1.165) is 24.6 Å². The molecule has 20 heavy (non-hydrogen) atoms. The molecule has 1 N–H and O–H groups in total. The van der Waals surface area contributed by atoms with Crippen LogP contribution in [0.1, 0.15) is 26.2 Å². The van der Waals surface area contributed by atoms with Crippen molar-refractivity contribution in [3.8, 4) is 5.75 Å². The van der Waals surface area contributed by atoms with Crippen molar-refractivity contribution in [1.82, 2.24) is 5.32 Å². The summed E-state index contributed by atoms with van der Waals surface area (Å²) in [5, 5.41) is 3.45. The molecule has 0 spiro atoms. The highest BCUT2D eigenvalue weighted by Crippen LogP contribution is 2.34. The third-order valence-corrected chi connectivity index (χ3v) is 4.32. The number of piperidine rings is 1. The monoisotopic (exact) mass is 296 g/mol. The number of rotatable bonds is 3. The van der Waals surface area contributed by atoms with Gasteiger partial charge in [-0.05, 0) is 50.4 Å². The Balaban J connectivity index is 0.00000147. The molecule has 1 saturated heterocycles. The van der Waals surface area contributed by atoms with E-state index in [1.165, 1.54) is 38.2 Å². The molecule has 1 aromatic carbocycles. The van der Waals surface area contributed by atoms with Crippen LogP contribution >= 0.6 is 12.4 Å². The van der Waals surface area contributed by atoms with Gasteiger partial charge in [0.25, 0.3) is 0 Å². The first-order chi connectivity index (χ1) is 9.36. The zero-order chi connectivity index (χ0) is 13.1. The van der Waals surface area contributed by atoms with E-state index in [9.17, 15) is 0 Å². The fraction of sp³-hybridized carbons (Fsp3) is 0.625. The Morgan fingerprint density at radius 2 is 2.00 bits per heavy atom. The van der Waals surface area contributed by atoms with Gasteiger partial charge >= 0.3 is 0 Å². The van der Waals surface area contributed by atoms with Gasteiger partial charge in [0, 0.05) is 6.54 Å². The summed E-state index contributed by atoms with van der Waals surface area (Å²) in [6.45, 7) is 6.78. The number of hydrogen-bond donors (Lipinski definition) is 1. The minimum atomic E-state index is 0. The van der Waals surface area contributed by atoms with E-state index in [0.29, 0.717) is 6.10 Å². The molecule has 0 bridgehead atoms. The van der Waals surface area contributed by atoms with Gasteiger partial charge in [-0.1, -0.05) is 19.1 Å². The lowest BCUT2D eigenvalue weighted by Gasteiger charge is -2.38. The molecule has 4 heteroatoms. The van der Waals surface area contributed by atoms with Crippen LogP contribution in [0.4, 0.5) is 5.69 Å². The number of para-hydroxylation sites is 2. The van der Waals surface area contributed by atoms with Gasteiger partial charge in [0.1, 0.15) is 11.9 Å². The number of hydrogen-bond acceptors (Lipinski definition) is 3. The van der Waals surface area contributed by atoms with Crippen molar-refractivity contribution < 1.29 is 4.74 Å². The van der Waals surface area contributed by atoms with Crippen LogP contribution < -0.4 is 15.0 Å². The summed E-state index contributed by atoms with van der Waals surface area (Å²) >= 11 is 0. The average molecular weight is 297 g/mol. The maximum atomic E-state index is 6.05. The van der Waals surface area contributed by atoms with E-state index in [-0.39, 0.29) is 12.4 Å². The van der Waals surface area contributed by atoms with Gasteiger partial charge in [-0.2, -0.15) is 0 Å². The van der Waals surface area contributed by atoms with Crippen molar-refractivity contribution in [3.63, 3.8) is 0 Å². The number of benzene rings is 1. The summed E-state index contributed by atoms with van der Waals surface area (Å²) in [4.78, 5) is 2.54. The zero-order valence-electron chi connectivity index (χ0n) is 12.2. The summed E-state index contributed by atoms with van der Waals surface area (Å²) in [6, 6.07) is 8.48. The molecule has 0 saturated carbocycles. The van der Waals surface area contributed by atoms with Crippen LogP contribution in [0.25, 0.3) is 0 Å². The minimum Gasteiger partial charge on any atom is -0.486 e. The molecular formula is C16H25ClN2O. The maximum Gasteiger partial charge on any atom is 0.143 e. The third-order valence-electron chi connectivity index (χ3n) is 4.32. The predicted octanol–water partition coefficient (Wildman–Crippen LogP) is 3.09. The highest BCUT2D eigenvalue weighted by Gasteiger charge is 2.26. The van der Waals surface area contributed by atoms with E-state index in [4.69, 9.17) is 4.74 Å². The summed E-state index contributed by atoms with van der Waals surface area (Å²) in [6.07, 6.45) is 4.03. The number of fused-ring (bicyclic) bond motifs is 1. The lowest BCUT2D eigenvalue weighted by molar-refractivity contribution is 0.185. The highest BCUT2D eigenvalue weighted by molar-refractivity contribution is 5.85. The average Bonchev–Trinajstić information content (AvgIpc) is 2.48. The Labute approximate surface area is 128 Å². The Bertz CT molecular complexity index is 421. The Morgan fingerprint density at radius 3 is 2.75 bits per heavy atom. The van der Waals surface area contributed by atoms with Crippen LogP contribution in [0, 0.1) is 5.92 Å². The number of nitrogens with one attached hydrogen (secondary N) is 1. The number of ether oxygens (including phenoxy) is 1. The largest absolute Gasteiger partial charge is 0.486 e. The van der Waals surface area contributed by atoms with Crippen LogP contribution in [-0.2, 0) is 0 Å². The van der Waals surface area contributed by atoms with Crippen LogP contribution in [-0.4, -0.2) is 32.3 Å². The van der Waals surface area contributed by atoms with Crippen molar-refractivity contribution in [2.75, 3.05) is 31.1 Å². The second kappa shape index (κ2) is 7.19. The first kappa shape index (κ1) is 15.5. The Morgan fingerprint density at radius 1 is 1.25 bits per heavy atom. The third kappa shape index (κ3) is 3.39. The molecule has 0 amide bonds. The lowest BCUT2D eigenvalue weighted by atomic mass is 9.96. The van der Waals surface area contributed by atoms with Crippen molar-refractivity contribution >= 4 is 18.1 Å². The van der Waals surface area contributed by atoms with Gasteiger partial charge in [0.2, 0.25) is 0 Å². The molecule has 1 fully saturated rings. The summed E-state index contributed by atoms with van der Waals surface area (Å²) in [7, 11) is 0. The Hall–Kier alpha value is -0.930. The molecular weight excluding hydrogens is 272 g/mol. The first-order valence-corrected chi connectivity index (χ1v) is 7.58. The van der Waals surface area contributed by atoms with E-state index < -0.39 is 0 Å². The molecule has 0 aromatic heterocycles. The molecule has 1 atom stereocenters. The molecule has 2 aliphatic rings. The minimum absolute atomic E-state index is 0. The Kier molecular flexibility index (Phi) is 5.55. The number of anilines is 1. The molecule has 0 aliphatic carbocycles. The molecule has 2 aliphatic heterocycles. The van der Waals surface area contributed by atoms with Gasteiger partial charge in [-0.3, -0.25) is 0 Å².